The van der Waals surface area contributed by atoms with Crippen molar-refractivity contribution in [1.82, 2.24) is 14.8 Å². The van der Waals surface area contributed by atoms with Crippen LogP contribution in [0.4, 0.5) is 0 Å². The number of aliphatic imine (C=N–C) groups is 1. The Labute approximate surface area is 189 Å². The second-order valence-electron chi connectivity index (χ2n) is 6.34. The minimum Gasteiger partial charge on any atom is -0.357 e. The highest BCUT2D eigenvalue weighted by molar-refractivity contribution is 14.0. The van der Waals surface area contributed by atoms with Gasteiger partial charge in [-0.05, 0) is 31.5 Å². The molecule has 0 aliphatic carbocycles. The summed E-state index contributed by atoms with van der Waals surface area (Å²) in [6, 6.07) is 10.5. The molecule has 0 aliphatic rings. The molecule has 28 heavy (non-hydrogen) atoms. The molecule has 0 aliphatic heterocycles. The van der Waals surface area contributed by atoms with Crippen LogP contribution in [-0.4, -0.2) is 49.7 Å². The minimum atomic E-state index is -3.26. The number of nitrogens with one attached hydrogen (secondary N) is 1. The third kappa shape index (κ3) is 7.29. The fourth-order valence-electron chi connectivity index (χ4n) is 2.70. The predicted molar refractivity (Wildman–Crippen MR) is 126 cm³/mol. The Kier molecular flexibility index (Phi) is 10.3. The second kappa shape index (κ2) is 11.7. The van der Waals surface area contributed by atoms with Gasteiger partial charge in [-0.25, -0.2) is 8.42 Å². The number of nitrogens with zero attached hydrogens (tertiary/aromatic N) is 3. The molecule has 0 fully saturated rings. The number of guanidine groups is 1. The molecule has 1 N–H and O–H groups in total. The summed E-state index contributed by atoms with van der Waals surface area (Å²) in [4.78, 5) is 6.93. The molecule has 0 amide bonds. The van der Waals surface area contributed by atoms with Crippen LogP contribution < -0.4 is 5.32 Å². The zero-order valence-corrected chi connectivity index (χ0v) is 20.3. The molecule has 6 nitrogen and oxygen atoms in total. The SMILES string of the molecule is CCNC(=NCCCS(=O)(=O)c1ccccc1)N(C)Cc1cc(Cl)cn1C.I. The Morgan fingerprint density at radius 1 is 1.29 bits per heavy atom. The normalized spacial score (nSPS) is 11.8. The lowest BCUT2D eigenvalue weighted by atomic mass is 10.4. The van der Waals surface area contributed by atoms with Gasteiger partial charge in [-0.3, -0.25) is 4.99 Å². The van der Waals surface area contributed by atoms with Crippen molar-refractivity contribution in [2.75, 3.05) is 25.9 Å². The zero-order chi connectivity index (χ0) is 19.9. The van der Waals surface area contributed by atoms with Crippen LogP contribution in [0.15, 0.2) is 52.5 Å². The van der Waals surface area contributed by atoms with E-state index in [1.807, 2.05) is 48.8 Å². The lowest BCUT2D eigenvalue weighted by molar-refractivity contribution is 0.462. The molecule has 2 rings (SSSR count). The van der Waals surface area contributed by atoms with Gasteiger partial charge in [0.1, 0.15) is 0 Å². The van der Waals surface area contributed by atoms with Crippen LogP contribution in [0.5, 0.6) is 0 Å². The molecular formula is C19H28ClIN4O2S. The van der Waals surface area contributed by atoms with Crippen LogP contribution >= 0.6 is 35.6 Å². The standard InChI is InChI=1S/C19H27ClN4O2S.HI/c1-4-21-19(24(3)15-17-13-16(20)14-23(17)2)22-11-8-12-27(25,26)18-9-6-5-7-10-18;/h5-7,9-10,13-14H,4,8,11-12,15H2,1-3H3,(H,21,22);1H. The summed E-state index contributed by atoms with van der Waals surface area (Å²) in [5, 5.41) is 3.95. The number of halogens is 2. The molecule has 9 heteroatoms. The van der Waals surface area contributed by atoms with Crippen molar-refractivity contribution in [2.45, 2.75) is 24.8 Å². The molecule has 1 aromatic carbocycles. The van der Waals surface area contributed by atoms with Crippen molar-refractivity contribution >= 4 is 51.4 Å². The molecule has 0 bridgehead atoms. The van der Waals surface area contributed by atoms with Crippen molar-refractivity contribution < 1.29 is 8.42 Å². The van der Waals surface area contributed by atoms with Gasteiger partial charge < -0.3 is 14.8 Å². The van der Waals surface area contributed by atoms with E-state index in [-0.39, 0.29) is 29.7 Å². The Bertz CT molecular complexity index is 869. The van der Waals surface area contributed by atoms with E-state index in [1.165, 1.54) is 0 Å². The summed E-state index contributed by atoms with van der Waals surface area (Å²) in [7, 11) is 0.636. The molecule has 0 saturated carbocycles. The van der Waals surface area contributed by atoms with Gasteiger partial charge in [0.2, 0.25) is 0 Å². The quantitative estimate of drug-likeness (QED) is 0.242. The topological polar surface area (TPSA) is 66.7 Å². The number of aryl methyl sites for hydroxylation is 1. The van der Waals surface area contributed by atoms with Crippen LogP contribution in [0.2, 0.25) is 5.02 Å². The predicted octanol–water partition coefficient (Wildman–Crippen LogP) is 3.56. The molecule has 0 spiro atoms. The third-order valence-corrected chi connectivity index (χ3v) is 6.13. The number of rotatable bonds is 8. The Morgan fingerprint density at radius 3 is 2.54 bits per heavy atom. The second-order valence-corrected chi connectivity index (χ2v) is 8.88. The van der Waals surface area contributed by atoms with Gasteiger partial charge >= 0.3 is 0 Å². The highest BCUT2D eigenvalue weighted by Crippen LogP contribution is 2.14. The van der Waals surface area contributed by atoms with Crippen molar-refractivity contribution in [2.24, 2.45) is 12.0 Å². The summed E-state index contributed by atoms with van der Waals surface area (Å²) in [5.41, 5.74) is 1.07. The zero-order valence-electron chi connectivity index (χ0n) is 16.4. The monoisotopic (exact) mass is 538 g/mol. The van der Waals surface area contributed by atoms with Crippen molar-refractivity contribution in [3.63, 3.8) is 0 Å². The lowest BCUT2D eigenvalue weighted by Crippen LogP contribution is -2.39. The smallest absolute Gasteiger partial charge is 0.194 e. The van der Waals surface area contributed by atoms with Crippen molar-refractivity contribution in [3.8, 4) is 0 Å². The maximum absolute atomic E-state index is 12.3. The minimum absolute atomic E-state index is 0. The van der Waals surface area contributed by atoms with Crippen LogP contribution in [-0.2, 0) is 23.4 Å². The fraction of sp³-hybridized carbons (Fsp3) is 0.421. The van der Waals surface area contributed by atoms with Crippen LogP contribution in [0, 0.1) is 0 Å². The molecule has 0 radical (unpaired) electrons. The van der Waals surface area contributed by atoms with Gasteiger partial charge in [0.15, 0.2) is 15.8 Å². The van der Waals surface area contributed by atoms with Gasteiger partial charge in [-0.15, -0.1) is 24.0 Å². The van der Waals surface area contributed by atoms with E-state index in [1.54, 1.807) is 24.3 Å². The Hall–Kier alpha value is -1.26. The first-order chi connectivity index (χ1) is 12.8. The van der Waals surface area contributed by atoms with E-state index in [2.05, 4.69) is 10.3 Å². The van der Waals surface area contributed by atoms with E-state index in [4.69, 9.17) is 11.6 Å². The molecule has 2 aromatic rings. The Balaban J connectivity index is 0.00000392. The van der Waals surface area contributed by atoms with Gasteiger partial charge in [-0.2, -0.15) is 0 Å². The van der Waals surface area contributed by atoms with E-state index in [9.17, 15) is 8.42 Å². The first-order valence-corrected chi connectivity index (χ1v) is 10.9. The van der Waals surface area contributed by atoms with E-state index in [0.29, 0.717) is 29.4 Å². The van der Waals surface area contributed by atoms with Gasteiger partial charge in [-0.1, -0.05) is 29.8 Å². The van der Waals surface area contributed by atoms with E-state index >= 15 is 0 Å². The molecular weight excluding hydrogens is 511 g/mol. The van der Waals surface area contributed by atoms with E-state index in [0.717, 1.165) is 18.2 Å². The summed E-state index contributed by atoms with van der Waals surface area (Å²) < 4.78 is 26.6. The largest absolute Gasteiger partial charge is 0.357 e. The third-order valence-electron chi connectivity index (χ3n) is 4.11. The van der Waals surface area contributed by atoms with Crippen LogP contribution in [0.3, 0.4) is 0 Å². The van der Waals surface area contributed by atoms with E-state index < -0.39 is 9.84 Å². The van der Waals surface area contributed by atoms with Gasteiger partial charge in [0.25, 0.3) is 0 Å². The van der Waals surface area contributed by atoms with Crippen LogP contribution in [0.1, 0.15) is 19.0 Å². The van der Waals surface area contributed by atoms with Crippen molar-refractivity contribution in [1.29, 1.82) is 0 Å². The summed E-state index contributed by atoms with van der Waals surface area (Å²) >= 11 is 6.04. The summed E-state index contributed by atoms with van der Waals surface area (Å²) in [6.45, 7) is 3.83. The first-order valence-electron chi connectivity index (χ1n) is 8.91. The number of hydrogen-bond acceptors (Lipinski definition) is 3. The van der Waals surface area contributed by atoms with Crippen molar-refractivity contribution in [3.05, 3.63) is 53.3 Å². The lowest BCUT2D eigenvalue weighted by Gasteiger charge is -2.22. The number of hydrogen-bond donors (Lipinski definition) is 1. The van der Waals surface area contributed by atoms with Crippen LogP contribution in [0.25, 0.3) is 0 Å². The van der Waals surface area contributed by atoms with Gasteiger partial charge in [0.05, 0.1) is 22.2 Å². The number of aromatic nitrogens is 1. The fourth-order valence-corrected chi connectivity index (χ4v) is 4.29. The highest BCUT2D eigenvalue weighted by Gasteiger charge is 2.14. The highest BCUT2D eigenvalue weighted by atomic mass is 127. The average molecular weight is 539 g/mol. The number of benzene rings is 1. The maximum atomic E-state index is 12.3. The molecule has 0 unspecified atom stereocenters. The molecule has 1 heterocycles. The molecule has 156 valence electrons. The molecule has 0 atom stereocenters. The van der Waals surface area contributed by atoms with Gasteiger partial charge in [0, 0.05) is 39.1 Å². The maximum Gasteiger partial charge on any atom is 0.194 e. The summed E-state index contributed by atoms with van der Waals surface area (Å²) in [6.07, 6.45) is 2.33. The summed E-state index contributed by atoms with van der Waals surface area (Å²) in [5.74, 6) is 0.823. The molecule has 0 saturated heterocycles. The number of sulfone groups is 1. The Morgan fingerprint density at radius 2 is 1.96 bits per heavy atom. The average Bonchev–Trinajstić information content (AvgIpc) is 2.95. The first kappa shape index (κ1) is 24.8. The molecule has 1 aromatic heterocycles.